The van der Waals surface area contributed by atoms with Crippen LogP contribution in [-0.4, -0.2) is 44.4 Å². The van der Waals surface area contributed by atoms with E-state index in [1.165, 1.54) is 0 Å². The highest BCUT2D eigenvalue weighted by Crippen LogP contribution is 2.18. The normalized spacial score (nSPS) is 10.4. The molecule has 0 aromatic heterocycles. The topological polar surface area (TPSA) is 87.9 Å². The number of nitro groups is 1. The number of nitro benzene ring substituents is 1. The van der Waals surface area contributed by atoms with E-state index in [2.05, 4.69) is 0 Å². The summed E-state index contributed by atoms with van der Waals surface area (Å²) in [6.45, 7) is 1.30. The fraction of sp³-hybridized carbons (Fsp3) is 0.462. The van der Waals surface area contributed by atoms with Gasteiger partial charge in [0.05, 0.1) is 17.1 Å². The van der Waals surface area contributed by atoms with Crippen LogP contribution in [0, 0.1) is 15.9 Å². The smallest absolute Gasteiger partial charge is 0.338 e. The molecule has 0 atom stereocenters. The predicted molar refractivity (Wildman–Crippen MR) is 70.6 cm³/mol. The molecule has 1 rings (SSSR count). The third kappa shape index (κ3) is 5.84. The molecule has 0 heterocycles. The van der Waals surface area contributed by atoms with Gasteiger partial charge in [0.1, 0.15) is 6.61 Å². The van der Waals surface area contributed by atoms with Crippen LogP contribution < -0.4 is 0 Å². The van der Waals surface area contributed by atoms with Crippen molar-refractivity contribution in [2.24, 2.45) is 0 Å². The SMILES string of the molecule is COCCCOCCOC(=O)c1ccc([N+](=O)[O-])c(F)c1. The maximum absolute atomic E-state index is 13.3. The molecule has 0 aliphatic carbocycles. The van der Waals surface area contributed by atoms with Gasteiger partial charge in [-0.1, -0.05) is 0 Å². The van der Waals surface area contributed by atoms with E-state index in [9.17, 15) is 19.3 Å². The van der Waals surface area contributed by atoms with Gasteiger partial charge in [0, 0.05) is 26.4 Å². The van der Waals surface area contributed by atoms with Gasteiger partial charge in [-0.25, -0.2) is 4.79 Å². The highest BCUT2D eigenvalue weighted by atomic mass is 19.1. The van der Waals surface area contributed by atoms with Crippen LogP contribution in [0.3, 0.4) is 0 Å². The number of carbonyl (C=O) groups is 1. The van der Waals surface area contributed by atoms with Crippen LogP contribution in [0.4, 0.5) is 10.1 Å². The van der Waals surface area contributed by atoms with Gasteiger partial charge in [-0.05, 0) is 18.6 Å². The molecular formula is C13H16FNO6. The molecule has 1 aromatic carbocycles. The summed E-state index contributed by atoms with van der Waals surface area (Å²) in [7, 11) is 1.59. The maximum Gasteiger partial charge on any atom is 0.338 e. The van der Waals surface area contributed by atoms with Crippen molar-refractivity contribution in [3.63, 3.8) is 0 Å². The number of carbonyl (C=O) groups excluding carboxylic acids is 1. The van der Waals surface area contributed by atoms with Gasteiger partial charge < -0.3 is 14.2 Å². The molecule has 116 valence electrons. The Bertz CT molecular complexity index is 494. The van der Waals surface area contributed by atoms with E-state index in [1.807, 2.05) is 0 Å². The zero-order chi connectivity index (χ0) is 15.7. The van der Waals surface area contributed by atoms with E-state index in [1.54, 1.807) is 7.11 Å². The highest BCUT2D eigenvalue weighted by molar-refractivity contribution is 5.89. The Kier molecular flexibility index (Phi) is 7.27. The van der Waals surface area contributed by atoms with Crippen LogP contribution in [0.15, 0.2) is 18.2 Å². The van der Waals surface area contributed by atoms with E-state index in [0.29, 0.717) is 13.2 Å². The Balaban J connectivity index is 2.35. The van der Waals surface area contributed by atoms with Gasteiger partial charge in [0.2, 0.25) is 5.82 Å². The number of methoxy groups -OCH3 is 1. The highest BCUT2D eigenvalue weighted by Gasteiger charge is 2.17. The number of hydrogen-bond donors (Lipinski definition) is 0. The lowest BCUT2D eigenvalue weighted by molar-refractivity contribution is -0.387. The second kappa shape index (κ2) is 8.98. The quantitative estimate of drug-likeness (QED) is 0.300. The Morgan fingerprint density at radius 1 is 1.29 bits per heavy atom. The monoisotopic (exact) mass is 301 g/mol. The molecule has 0 aliphatic rings. The summed E-state index contributed by atoms with van der Waals surface area (Å²) in [4.78, 5) is 21.2. The van der Waals surface area contributed by atoms with Gasteiger partial charge in [0.15, 0.2) is 0 Å². The molecule has 0 radical (unpaired) electrons. The van der Waals surface area contributed by atoms with Crippen molar-refractivity contribution in [3.05, 3.63) is 39.7 Å². The predicted octanol–water partition coefficient (Wildman–Crippen LogP) is 1.94. The van der Waals surface area contributed by atoms with Crippen LogP contribution in [0.5, 0.6) is 0 Å². The second-order valence-electron chi connectivity index (χ2n) is 4.02. The molecule has 0 saturated carbocycles. The summed E-state index contributed by atoms with van der Waals surface area (Å²) in [5, 5.41) is 10.4. The molecule has 0 saturated heterocycles. The maximum atomic E-state index is 13.3. The van der Waals surface area contributed by atoms with Crippen LogP contribution in [0.2, 0.25) is 0 Å². The van der Waals surface area contributed by atoms with E-state index in [-0.39, 0.29) is 18.8 Å². The van der Waals surface area contributed by atoms with Crippen molar-refractivity contribution in [2.45, 2.75) is 6.42 Å². The summed E-state index contributed by atoms with van der Waals surface area (Å²) in [6.07, 6.45) is 0.734. The summed E-state index contributed by atoms with van der Waals surface area (Å²) < 4.78 is 28.2. The molecule has 0 amide bonds. The summed E-state index contributed by atoms with van der Waals surface area (Å²) >= 11 is 0. The number of nitrogens with zero attached hydrogens (tertiary/aromatic N) is 1. The number of hydrogen-bond acceptors (Lipinski definition) is 6. The Morgan fingerprint density at radius 2 is 2.05 bits per heavy atom. The molecular weight excluding hydrogens is 285 g/mol. The molecule has 1 aromatic rings. The molecule has 0 unspecified atom stereocenters. The summed E-state index contributed by atoms with van der Waals surface area (Å²) in [5.41, 5.74) is -0.773. The Hall–Kier alpha value is -2.06. The lowest BCUT2D eigenvalue weighted by Crippen LogP contribution is -2.12. The molecule has 0 aliphatic heterocycles. The van der Waals surface area contributed by atoms with Crippen molar-refractivity contribution in [2.75, 3.05) is 33.5 Å². The van der Waals surface area contributed by atoms with Gasteiger partial charge in [-0.3, -0.25) is 10.1 Å². The number of rotatable bonds is 9. The van der Waals surface area contributed by atoms with E-state index < -0.39 is 22.4 Å². The first kappa shape index (κ1) is 17.0. The minimum Gasteiger partial charge on any atom is -0.460 e. The van der Waals surface area contributed by atoms with Crippen molar-refractivity contribution < 1.29 is 28.3 Å². The second-order valence-corrected chi connectivity index (χ2v) is 4.02. The first-order valence-corrected chi connectivity index (χ1v) is 6.24. The molecule has 7 nitrogen and oxygen atoms in total. The first-order chi connectivity index (χ1) is 10.1. The fourth-order valence-corrected chi connectivity index (χ4v) is 1.47. The van der Waals surface area contributed by atoms with Crippen LogP contribution in [-0.2, 0) is 14.2 Å². The molecule has 8 heteroatoms. The lowest BCUT2D eigenvalue weighted by atomic mass is 10.2. The van der Waals surface area contributed by atoms with Gasteiger partial charge >= 0.3 is 11.7 Å². The zero-order valence-corrected chi connectivity index (χ0v) is 11.5. The number of halogens is 1. The van der Waals surface area contributed by atoms with E-state index in [0.717, 1.165) is 24.6 Å². The van der Waals surface area contributed by atoms with Crippen molar-refractivity contribution in [1.82, 2.24) is 0 Å². The number of benzene rings is 1. The minimum absolute atomic E-state index is 0.0183. The zero-order valence-electron chi connectivity index (χ0n) is 11.5. The van der Waals surface area contributed by atoms with Crippen LogP contribution >= 0.6 is 0 Å². The average molecular weight is 301 g/mol. The van der Waals surface area contributed by atoms with Gasteiger partial charge in [0.25, 0.3) is 0 Å². The lowest BCUT2D eigenvalue weighted by Gasteiger charge is -2.06. The molecule has 21 heavy (non-hydrogen) atoms. The number of ether oxygens (including phenoxy) is 3. The standard InChI is InChI=1S/C13H16FNO6/c1-19-5-2-6-20-7-8-21-13(16)10-3-4-12(15(17)18)11(14)9-10/h3-4,9H,2,5-8H2,1H3. The third-order valence-electron chi connectivity index (χ3n) is 2.48. The van der Waals surface area contributed by atoms with E-state index >= 15 is 0 Å². The van der Waals surface area contributed by atoms with Gasteiger partial charge in [-0.15, -0.1) is 0 Å². The van der Waals surface area contributed by atoms with Crippen LogP contribution in [0.1, 0.15) is 16.8 Å². The van der Waals surface area contributed by atoms with Crippen molar-refractivity contribution >= 4 is 11.7 Å². The fourth-order valence-electron chi connectivity index (χ4n) is 1.47. The Morgan fingerprint density at radius 3 is 2.67 bits per heavy atom. The molecule has 0 bridgehead atoms. The first-order valence-electron chi connectivity index (χ1n) is 6.24. The number of esters is 1. The third-order valence-corrected chi connectivity index (χ3v) is 2.48. The summed E-state index contributed by atoms with van der Waals surface area (Å²) in [6, 6.07) is 2.84. The van der Waals surface area contributed by atoms with Crippen molar-refractivity contribution in [3.8, 4) is 0 Å². The van der Waals surface area contributed by atoms with Gasteiger partial charge in [-0.2, -0.15) is 4.39 Å². The minimum atomic E-state index is -1.08. The largest absolute Gasteiger partial charge is 0.460 e. The Labute approximate surface area is 120 Å². The molecule has 0 fully saturated rings. The van der Waals surface area contributed by atoms with E-state index in [4.69, 9.17) is 14.2 Å². The summed E-state index contributed by atoms with van der Waals surface area (Å²) in [5.74, 6) is -1.84. The average Bonchev–Trinajstić information content (AvgIpc) is 2.45. The molecule has 0 spiro atoms. The molecule has 0 N–H and O–H groups in total. The van der Waals surface area contributed by atoms with Crippen molar-refractivity contribution in [1.29, 1.82) is 0 Å². The van der Waals surface area contributed by atoms with Crippen LogP contribution in [0.25, 0.3) is 0 Å².